The van der Waals surface area contributed by atoms with E-state index < -0.39 is 5.91 Å². The number of aryl methyl sites for hydroxylation is 1. The van der Waals surface area contributed by atoms with Gasteiger partial charge in [0.15, 0.2) is 5.75 Å². The molecule has 20 heavy (non-hydrogen) atoms. The highest BCUT2D eigenvalue weighted by Gasteiger charge is 2.16. The van der Waals surface area contributed by atoms with E-state index in [4.69, 9.17) is 16.3 Å². The molecular formula is C12H12BrClN4O2. The third-order valence-electron chi connectivity index (χ3n) is 2.35. The van der Waals surface area contributed by atoms with Gasteiger partial charge in [-0.05, 0) is 41.9 Å². The van der Waals surface area contributed by atoms with Crippen LogP contribution < -0.4 is 10.1 Å². The minimum absolute atomic E-state index is 0.0565. The molecule has 0 fully saturated rings. The van der Waals surface area contributed by atoms with Crippen molar-refractivity contribution in [3.8, 4) is 5.75 Å². The van der Waals surface area contributed by atoms with Crippen LogP contribution >= 0.6 is 27.5 Å². The lowest BCUT2D eigenvalue weighted by atomic mass is 10.3. The summed E-state index contributed by atoms with van der Waals surface area (Å²) in [5.74, 6) is 0.690. The van der Waals surface area contributed by atoms with Crippen LogP contribution in [0.3, 0.4) is 0 Å². The number of aromatic nitrogens is 3. The molecule has 0 aliphatic rings. The highest BCUT2D eigenvalue weighted by atomic mass is 79.9. The van der Waals surface area contributed by atoms with Gasteiger partial charge < -0.3 is 10.1 Å². The monoisotopic (exact) mass is 358 g/mol. The number of halogens is 2. The fourth-order valence-corrected chi connectivity index (χ4v) is 2.49. The first-order valence-electron chi connectivity index (χ1n) is 5.83. The molecule has 8 heteroatoms. The molecule has 0 saturated carbocycles. The summed E-state index contributed by atoms with van der Waals surface area (Å²) in [6, 6.07) is 3.30. The normalized spacial score (nSPS) is 10.4. The Hall–Kier alpha value is -1.60. The number of anilines is 1. The molecule has 0 spiro atoms. The molecule has 1 aromatic carbocycles. The molecule has 0 bridgehead atoms. The van der Waals surface area contributed by atoms with Crippen LogP contribution in [-0.4, -0.2) is 27.7 Å². The highest BCUT2D eigenvalue weighted by molar-refractivity contribution is 9.10. The van der Waals surface area contributed by atoms with Gasteiger partial charge in [0, 0.05) is 5.02 Å². The van der Waals surface area contributed by atoms with Crippen LogP contribution in [0.5, 0.6) is 5.75 Å². The molecule has 0 aliphatic carbocycles. The molecule has 2 aromatic rings. The zero-order valence-electron chi connectivity index (χ0n) is 10.8. The Morgan fingerprint density at radius 1 is 1.55 bits per heavy atom. The third kappa shape index (κ3) is 3.29. The molecule has 0 unspecified atom stereocenters. The highest BCUT2D eigenvalue weighted by Crippen LogP contribution is 2.36. The van der Waals surface area contributed by atoms with Gasteiger partial charge in [-0.2, -0.15) is 0 Å². The summed E-state index contributed by atoms with van der Waals surface area (Å²) in [5, 5.41) is 9.57. The molecular weight excluding hydrogens is 348 g/mol. The molecule has 2 rings (SSSR count). The van der Waals surface area contributed by atoms with Crippen molar-refractivity contribution in [2.45, 2.75) is 13.8 Å². The van der Waals surface area contributed by atoms with Crippen molar-refractivity contribution in [2.75, 3.05) is 11.9 Å². The average Bonchev–Trinajstić information content (AvgIpc) is 2.80. The van der Waals surface area contributed by atoms with Crippen molar-refractivity contribution in [2.24, 2.45) is 0 Å². The molecule has 0 atom stereocenters. The molecule has 1 heterocycles. The Kier molecular flexibility index (Phi) is 4.61. The summed E-state index contributed by atoms with van der Waals surface area (Å²) >= 11 is 9.33. The lowest BCUT2D eigenvalue weighted by molar-refractivity contribution is 0.101. The van der Waals surface area contributed by atoms with Crippen molar-refractivity contribution in [3.05, 3.63) is 33.3 Å². The van der Waals surface area contributed by atoms with Crippen LogP contribution in [0.4, 0.5) is 5.69 Å². The van der Waals surface area contributed by atoms with Gasteiger partial charge in [0.2, 0.25) is 5.82 Å². The van der Waals surface area contributed by atoms with Crippen molar-refractivity contribution in [1.29, 1.82) is 0 Å². The molecule has 2 N–H and O–H groups in total. The van der Waals surface area contributed by atoms with Crippen molar-refractivity contribution >= 4 is 39.1 Å². The fraction of sp³-hybridized carbons (Fsp3) is 0.250. The standard InChI is InChI=1S/C12H12BrClN4O2/c1-3-20-10-8(13)4-7(14)5-9(10)16-12(19)11-15-6(2)17-18-11/h4-5H,3H2,1-2H3,(H,16,19)(H,15,17,18). The van der Waals surface area contributed by atoms with Crippen LogP contribution in [0.1, 0.15) is 23.4 Å². The van der Waals surface area contributed by atoms with Gasteiger partial charge in [-0.25, -0.2) is 4.98 Å². The van der Waals surface area contributed by atoms with E-state index in [0.29, 0.717) is 33.4 Å². The summed E-state index contributed by atoms with van der Waals surface area (Å²) in [6.07, 6.45) is 0. The number of benzene rings is 1. The molecule has 6 nitrogen and oxygen atoms in total. The van der Waals surface area contributed by atoms with E-state index >= 15 is 0 Å². The summed E-state index contributed by atoms with van der Waals surface area (Å²) in [7, 11) is 0. The third-order valence-corrected chi connectivity index (χ3v) is 3.15. The Labute approximate surface area is 129 Å². The Balaban J connectivity index is 2.30. The second-order valence-corrected chi connectivity index (χ2v) is 5.19. The van der Waals surface area contributed by atoms with Crippen molar-refractivity contribution < 1.29 is 9.53 Å². The van der Waals surface area contributed by atoms with Gasteiger partial charge in [0.25, 0.3) is 5.91 Å². The molecule has 0 aliphatic heterocycles. The maximum Gasteiger partial charge on any atom is 0.295 e. The quantitative estimate of drug-likeness (QED) is 0.878. The van der Waals surface area contributed by atoms with Crippen molar-refractivity contribution in [3.63, 3.8) is 0 Å². The molecule has 0 radical (unpaired) electrons. The molecule has 0 saturated heterocycles. The van der Waals surface area contributed by atoms with Gasteiger partial charge in [-0.1, -0.05) is 11.6 Å². The number of amides is 1. The van der Waals surface area contributed by atoms with Gasteiger partial charge in [0.05, 0.1) is 16.8 Å². The minimum atomic E-state index is -0.440. The number of hydrogen-bond acceptors (Lipinski definition) is 4. The maximum atomic E-state index is 12.0. The van der Waals surface area contributed by atoms with Crippen LogP contribution in [0.25, 0.3) is 0 Å². The zero-order valence-corrected chi connectivity index (χ0v) is 13.2. The van der Waals surface area contributed by atoms with E-state index in [9.17, 15) is 4.79 Å². The molecule has 1 amide bonds. The fourth-order valence-electron chi connectivity index (χ4n) is 1.57. The Morgan fingerprint density at radius 3 is 2.90 bits per heavy atom. The number of carbonyl (C=O) groups is 1. The van der Waals surface area contributed by atoms with Crippen LogP contribution in [0.2, 0.25) is 5.02 Å². The van der Waals surface area contributed by atoms with Crippen LogP contribution in [-0.2, 0) is 0 Å². The SMILES string of the molecule is CCOc1c(Br)cc(Cl)cc1NC(=O)c1n[nH]c(C)n1. The van der Waals surface area contributed by atoms with E-state index in [2.05, 4.69) is 36.4 Å². The number of carbonyl (C=O) groups excluding carboxylic acids is 1. The summed E-state index contributed by atoms with van der Waals surface area (Å²) < 4.78 is 6.16. The number of aromatic amines is 1. The number of nitrogens with zero attached hydrogens (tertiary/aromatic N) is 2. The van der Waals surface area contributed by atoms with Gasteiger partial charge in [0.1, 0.15) is 5.82 Å². The topological polar surface area (TPSA) is 79.9 Å². The second-order valence-electron chi connectivity index (χ2n) is 3.90. The number of nitrogens with one attached hydrogen (secondary N) is 2. The summed E-state index contributed by atoms with van der Waals surface area (Å²) in [6.45, 7) is 4.03. The lowest BCUT2D eigenvalue weighted by Crippen LogP contribution is -2.15. The first kappa shape index (κ1) is 14.8. The number of hydrogen-bond donors (Lipinski definition) is 2. The van der Waals surface area contributed by atoms with Crippen molar-refractivity contribution in [1.82, 2.24) is 15.2 Å². The molecule has 106 valence electrons. The Bertz CT molecular complexity index is 644. The number of H-pyrrole nitrogens is 1. The largest absolute Gasteiger partial charge is 0.491 e. The van der Waals surface area contributed by atoms with E-state index in [1.165, 1.54) is 0 Å². The maximum absolute atomic E-state index is 12.0. The Morgan fingerprint density at radius 2 is 2.30 bits per heavy atom. The summed E-state index contributed by atoms with van der Waals surface area (Å²) in [5.41, 5.74) is 0.457. The van der Waals surface area contributed by atoms with Gasteiger partial charge >= 0.3 is 0 Å². The van der Waals surface area contributed by atoms with E-state index in [1.54, 1.807) is 19.1 Å². The van der Waals surface area contributed by atoms with Gasteiger partial charge in [-0.15, -0.1) is 5.10 Å². The van der Waals surface area contributed by atoms with Gasteiger partial charge in [-0.3, -0.25) is 9.89 Å². The first-order valence-corrected chi connectivity index (χ1v) is 7.00. The zero-order chi connectivity index (χ0) is 14.7. The predicted molar refractivity (Wildman–Crippen MR) is 79.4 cm³/mol. The van der Waals surface area contributed by atoms with E-state index in [0.717, 1.165) is 0 Å². The van der Waals surface area contributed by atoms with E-state index in [1.807, 2.05) is 6.92 Å². The lowest BCUT2D eigenvalue weighted by Gasteiger charge is -2.13. The average molecular weight is 360 g/mol. The number of rotatable bonds is 4. The molecule has 1 aromatic heterocycles. The smallest absolute Gasteiger partial charge is 0.295 e. The first-order chi connectivity index (χ1) is 9.51. The van der Waals surface area contributed by atoms with Crippen LogP contribution in [0.15, 0.2) is 16.6 Å². The number of ether oxygens (including phenoxy) is 1. The summed E-state index contributed by atoms with van der Waals surface area (Å²) in [4.78, 5) is 16.0. The predicted octanol–water partition coefficient (Wildman–Crippen LogP) is 3.18. The van der Waals surface area contributed by atoms with Crippen LogP contribution in [0, 0.1) is 6.92 Å². The second kappa shape index (κ2) is 6.23. The van der Waals surface area contributed by atoms with E-state index in [-0.39, 0.29) is 5.82 Å². The minimum Gasteiger partial charge on any atom is -0.491 e.